The highest BCUT2D eigenvalue weighted by Crippen LogP contribution is 2.07. The molecule has 98 valence electrons. The number of carbonyl (C=O) groups excluding carboxylic acids is 1. The summed E-state index contributed by atoms with van der Waals surface area (Å²) in [5.41, 5.74) is 1.99. The first-order chi connectivity index (χ1) is 8.65. The minimum absolute atomic E-state index is 0.239. The Kier molecular flexibility index (Phi) is 4.50. The maximum Gasteiger partial charge on any atom is 0.176 e. The van der Waals surface area contributed by atoms with E-state index in [9.17, 15) is 4.79 Å². The largest absolute Gasteiger partial charge is 0.305 e. The summed E-state index contributed by atoms with van der Waals surface area (Å²) >= 11 is 0. The van der Waals surface area contributed by atoms with Crippen LogP contribution in [-0.2, 0) is 0 Å². The summed E-state index contributed by atoms with van der Waals surface area (Å²) in [7, 11) is 2.14. The number of likely N-dealkylation sites (N-methyl/N-ethyl adjacent to an activating group) is 1. The van der Waals surface area contributed by atoms with Crippen LogP contribution in [0.15, 0.2) is 24.3 Å². The number of hydrogen-bond acceptors (Lipinski definition) is 3. The summed E-state index contributed by atoms with van der Waals surface area (Å²) < 4.78 is 0. The topological polar surface area (TPSA) is 23.6 Å². The molecule has 1 heterocycles. The normalized spacial score (nSPS) is 18.6. The van der Waals surface area contributed by atoms with Crippen LogP contribution in [0, 0.1) is 6.92 Å². The van der Waals surface area contributed by atoms with Gasteiger partial charge in [0, 0.05) is 18.7 Å². The van der Waals surface area contributed by atoms with Crippen molar-refractivity contribution < 1.29 is 4.79 Å². The van der Waals surface area contributed by atoms with Gasteiger partial charge in [-0.25, -0.2) is 0 Å². The molecule has 1 aliphatic rings. The molecule has 0 saturated carbocycles. The second-order valence-electron chi connectivity index (χ2n) is 5.23. The molecule has 0 unspecified atom stereocenters. The van der Waals surface area contributed by atoms with Crippen LogP contribution in [0.25, 0.3) is 0 Å². The molecule has 1 fully saturated rings. The maximum atomic E-state index is 12.2. The van der Waals surface area contributed by atoms with Gasteiger partial charge in [0.05, 0.1) is 6.54 Å². The van der Waals surface area contributed by atoms with Gasteiger partial charge >= 0.3 is 0 Å². The molecule has 0 atom stereocenters. The van der Waals surface area contributed by atoms with Gasteiger partial charge < -0.3 is 4.90 Å². The highest BCUT2D eigenvalue weighted by molar-refractivity contribution is 5.97. The van der Waals surface area contributed by atoms with Crippen molar-refractivity contribution in [1.29, 1.82) is 0 Å². The quantitative estimate of drug-likeness (QED) is 0.760. The first-order valence-electron chi connectivity index (χ1n) is 6.66. The van der Waals surface area contributed by atoms with Gasteiger partial charge in [-0.1, -0.05) is 23.8 Å². The minimum Gasteiger partial charge on any atom is -0.305 e. The molecule has 3 nitrogen and oxygen atoms in total. The minimum atomic E-state index is 0.239. The van der Waals surface area contributed by atoms with Gasteiger partial charge in [0.15, 0.2) is 5.78 Å². The first kappa shape index (κ1) is 13.2. The van der Waals surface area contributed by atoms with Gasteiger partial charge in [-0.3, -0.25) is 9.69 Å². The third-order valence-electron chi connectivity index (χ3n) is 3.52. The number of aryl methyl sites for hydroxylation is 1. The van der Waals surface area contributed by atoms with Gasteiger partial charge in [-0.05, 0) is 39.5 Å². The van der Waals surface area contributed by atoms with E-state index in [1.165, 1.54) is 0 Å². The molecule has 0 amide bonds. The van der Waals surface area contributed by atoms with E-state index in [4.69, 9.17) is 0 Å². The molecule has 0 spiro atoms. The van der Waals surface area contributed by atoms with Crippen LogP contribution in [0.5, 0.6) is 0 Å². The van der Waals surface area contributed by atoms with Crippen LogP contribution in [-0.4, -0.2) is 55.4 Å². The fourth-order valence-electron chi connectivity index (χ4n) is 2.37. The third-order valence-corrected chi connectivity index (χ3v) is 3.52. The zero-order chi connectivity index (χ0) is 13.0. The number of carbonyl (C=O) groups is 1. The van der Waals surface area contributed by atoms with E-state index < -0.39 is 0 Å². The smallest absolute Gasteiger partial charge is 0.176 e. The van der Waals surface area contributed by atoms with Gasteiger partial charge in [0.2, 0.25) is 0 Å². The summed E-state index contributed by atoms with van der Waals surface area (Å²) in [6.07, 6.45) is 1.15. The standard InChI is InChI=1S/C15H22N2O/c1-13-5-3-6-14(11-13)15(18)12-17-8-4-7-16(2)9-10-17/h3,5-6,11H,4,7-10,12H2,1-2H3. The Morgan fingerprint density at radius 2 is 2.06 bits per heavy atom. The van der Waals surface area contributed by atoms with E-state index in [2.05, 4.69) is 16.8 Å². The van der Waals surface area contributed by atoms with E-state index in [0.29, 0.717) is 6.54 Å². The number of Topliss-reactive ketones (excluding diaryl/α,β-unsaturated/α-hetero) is 1. The second kappa shape index (κ2) is 6.12. The Balaban J connectivity index is 1.94. The van der Waals surface area contributed by atoms with E-state index in [-0.39, 0.29) is 5.78 Å². The SMILES string of the molecule is Cc1cccc(C(=O)CN2CCCN(C)CC2)c1. The van der Waals surface area contributed by atoms with E-state index in [0.717, 1.165) is 43.7 Å². The van der Waals surface area contributed by atoms with Crippen molar-refractivity contribution in [3.8, 4) is 0 Å². The zero-order valence-corrected chi connectivity index (χ0v) is 11.4. The summed E-state index contributed by atoms with van der Waals surface area (Å²) in [6, 6.07) is 7.88. The Labute approximate surface area is 109 Å². The average Bonchev–Trinajstić information content (AvgIpc) is 2.54. The van der Waals surface area contributed by atoms with Crippen LogP contribution in [0.2, 0.25) is 0 Å². The van der Waals surface area contributed by atoms with E-state index in [1.54, 1.807) is 0 Å². The van der Waals surface area contributed by atoms with Gasteiger partial charge in [0.25, 0.3) is 0 Å². The Morgan fingerprint density at radius 3 is 2.83 bits per heavy atom. The van der Waals surface area contributed by atoms with E-state index in [1.807, 2.05) is 31.2 Å². The maximum absolute atomic E-state index is 12.2. The predicted molar refractivity (Wildman–Crippen MR) is 74.1 cm³/mol. The molecule has 1 aliphatic heterocycles. The zero-order valence-electron chi connectivity index (χ0n) is 11.4. The molecular formula is C15H22N2O. The lowest BCUT2D eigenvalue weighted by atomic mass is 10.1. The molecule has 0 bridgehead atoms. The van der Waals surface area contributed by atoms with Crippen LogP contribution < -0.4 is 0 Å². The molecule has 0 radical (unpaired) electrons. The molecule has 1 aromatic carbocycles. The van der Waals surface area contributed by atoms with Crippen molar-refractivity contribution in [2.24, 2.45) is 0 Å². The van der Waals surface area contributed by atoms with Crippen molar-refractivity contribution in [3.05, 3.63) is 35.4 Å². The lowest BCUT2D eigenvalue weighted by Crippen LogP contribution is -2.33. The molecule has 0 N–H and O–H groups in total. The van der Waals surface area contributed by atoms with Crippen molar-refractivity contribution >= 4 is 5.78 Å². The van der Waals surface area contributed by atoms with Crippen molar-refractivity contribution in [1.82, 2.24) is 9.80 Å². The van der Waals surface area contributed by atoms with Crippen LogP contribution in [0.4, 0.5) is 0 Å². The molecule has 0 aromatic heterocycles. The van der Waals surface area contributed by atoms with Crippen molar-refractivity contribution in [2.45, 2.75) is 13.3 Å². The number of nitrogens with zero attached hydrogens (tertiary/aromatic N) is 2. The van der Waals surface area contributed by atoms with Crippen LogP contribution in [0.3, 0.4) is 0 Å². The van der Waals surface area contributed by atoms with Crippen LogP contribution in [0.1, 0.15) is 22.3 Å². The first-order valence-corrected chi connectivity index (χ1v) is 6.66. The monoisotopic (exact) mass is 246 g/mol. The predicted octanol–water partition coefficient (Wildman–Crippen LogP) is 1.82. The summed E-state index contributed by atoms with van der Waals surface area (Å²) in [4.78, 5) is 16.8. The van der Waals surface area contributed by atoms with Gasteiger partial charge in [-0.2, -0.15) is 0 Å². The lowest BCUT2D eigenvalue weighted by Gasteiger charge is -2.19. The molecule has 1 aromatic rings. The van der Waals surface area contributed by atoms with Crippen LogP contribution >= 0.6 is 0 Å². The highest BCUT2D eigenvalue weighted by atomic mass is 16.1. The molecule has 2 rings (SSSR count). The molecule has 1 saturated heterocycles. The Bertz CT molecular complexity index is 417. The molecule has 3 heteroatoms. The summed E-state index contributed by atoms with van der Waals surface area (Å²) in [6.45, 7) is 6.79. The fraction of sp³-hybridized carbons (Fsp3) is 0.533. The Hall–Kier alpha value is -1.19. The Morgan fingerprint density at radius 1 is 1.22 bits per heavy atom. The molecular weight excluding hydrogens is 224 g/mol. The summed E-state index contributed by atoms with van der Waals surface area (Å²) in [5.74, 6) is 0.239. The van der Waals surface area contributed by atoms with Gasteiger partial charge in [0.1, 0.15) is 0 Å². The van der Waals surface area contributed by atoms with Gasteiger partial charge in [-0.15, -0.1) is 0 Å². The highest BCUT2D eigenvalue weighted by Gasteiger charge is 2.15. The summed E-state index contributed by atoms with van der Waals surface area (Å²) in [5, 5.41) is 0. The second-order valence-corrected chi connectivity index (χ2v) is 5.23. The number of ketones is 1. The fourth-order valence-corrected chi connectivity index (χ4v) is 2.37. The van der Waals surface area contributed by atoms with Crippen molar-refractivity contribution in [2.75, 3.05) is 39.8 Å². The molecule has 0 aliphatic carbocycles. The number of benzene rings is 1. The average molecular weight is 246 g/mol. The lowest BCUT2D eigenvalue weighted by molar-refractivity contribution is 0.0933. The number of hydrogen-bond donors (Lipinski definition) is 0. The number of rotatable bonds is 3. The third kappa shape index (κ3) is 3.65. The van der Waals surface area contributed by atoms with E-state index >= 15 is 0 Å². The van der Waals surface area contributed by atoms with Crippen molar-refractivity contribution in [3.63, 3.8) is 0 Å². The molecule has 18 heavy (non-hydrogen) atoms.